The third kappa shape index (κ3) is 5.50. The molecule has 8 nitrogen and oxygen atoms in total. The largest absolute Gasteiger partial charge is 0.492 e. The van der Waals surface area contributed by atoms with Crippen molar-refractivity contribution >= 4 is 24.4 Å². The van der Waals surface area contributed by atoms with Gasteiger partial charge in [0.1, 0.15) is 18.0 Å². The van der Waals surface area contributed by atoms with Crippen LogP contribution >= 0.6 is 12.4 Å². The molecule has 2 saturated heterocycles. The van der Waals surface area contributed by atoms with Crippen molar-refractivity contribution in [3.05, 3.63) is 30.3 Å². The van der Waals surface area contributed by atoms with Crippen molar-refractivity contribution in [3.8, 4) is 5.75 Å². The van der Waals surface area contributed by atoms with Crippen LogP contribution in [-0.2, 0) is 9.53 Å². The minimum atomic E-state index is -0.808. The number of likely N-dealkylation sites (tertiary alicyclic amines) is 1. The molecule has 28 heavy (non-hydrogen) atoms. The number of ether oxygens (including phenoxy) is 2. The fourth-order valence-electron chi connectivity index (χ4n) is 3.49. The first-order valence-corrected chi connectivity index (χ1v) is 9.33. The topological polar surface area (TPSA) is 105 Å². The number of amides is 2. The Morgan fingerprint density at radius 1 is 1.29 bits per heavy atom. The maximum Gasteiger partial charge on any atom is 0.410 e. The molecule has 3 N–H and O–H groups in total. The van der Waals surface area contributed by atoms with E-state index in [0.717, 1.165) is 5.75 Å². The standard InChI is InChI=1S/C19H27N3O5.ClH/c20-13-15(23)12-17(24)21-8-6-19(7-9-21)14-22(18(25)27-19)10-11-26-16-4-2-1-3-5-16;/h1-5,15,23H,6-14,20H2;1H. The van der Waals surface area contributed by atoms with Crippen LogP contribution in [0.1, 0.15) is 19.3 Å². The molecule has 2 aliphatic heterocycles. The molecule has 2 aliphatic rings. The monoisotopic (exact) mass is 413 g/mol. The lowest BCUT2D eigenvalue weighted by molar-refractivity contribution is -0.136. The predicted molar refractivity (Wildman–Crippen MR) is 105 cm³/mol. The lowest BCUT2D eigenvalue weighted by Gasteiger charge is -2.37. The highest BCUT2D eigenvalue weighted by molar-refractivity contribution is 5.85. The molecule has 1 spiro atoms. The van der Waals surface area contributed by atoms with Crippen LogP contribution in [0.25, 0.3) is 0 Å². The van der Waals surface area contributed by atoms with E-state index in [0.29, 0.717) is 45.6 Å². The lowest BCUT2D eigenvalue weighted by Crippen LogP contribution is -2.49. The summed E-state index contributed by atoms with van der Waals surface area (Å²) in [5.74, 6) is 0.659. The van der Waals surface area contributed by atoms with E-state index in [2.05, 4.69) is 0 Å². The third-order valence-corrected chi connectivity index (χ3v) is 5.12. The Morgan fingerprint density at radius 2 is 1.96 bits per heavy atom. The van der Waals surface area contributed by atoms with Crippen molar-refractivity contribution in [1.82, 2.24) is 9.80 Å². The van der Waals surface area contributed by atoms with Gasteiger partial charge in [-0.25, -0.2) is 4.79 Å². The fraction of sp³-hybridized carbons (Fsp3) is 0.579. The summed E-state index contributed by atoms with van der Waals surface area (Å²) in [5.41, 5.74) is 4.82. The molecule has 0 bridgehead atoms. The number of benzene rings is 1. The molecule has 0 radical (unpaired) electrons. The highest BCUT2D eigenvalue weighted by Gasteiger charge is 2.47. The number of aliphatic hydroxyl groups excluding tert-OH is 1. The number of piperidine rings is 1. The minimum absolute atomic E-state index is 0. The number of rotatable bonds is 7. The molecule has 1 atom stereocenters. The van der Waals surface area contributed by atoms with E-state index in [1.807, 2.05) is 30.3 Å². The van der Waals surface area contributed by atoms with Crippen LogP contribution in [0.4, 0.5) is 4.79 Å². The average Bonchev–Trinajstić information content (AvgIpc) is 2.98. The van der Waals surface area contributed by atoms with Crippen LogP contribution < -0.4 is 10.5 Å². The third-order valence-electron chi connectivity index (χ3n) is 5.12. The van der Waals surface area contributed by atoms with Crippen molar-refractivity contribution in [2.24, 2.45) is 5.73 Å². The van der Waals surface area contributed by atoms with Gasteiger partial charge in [0.25, 0.3) is 0 Å². The summed E-state index contributed by atoms with van der Waals surface area (Å²) in [7, 11) is 0. The van der Waals surface area contributed by atoms with Crippen LogP contribution in [0, 0.1) is 0 Å². The number of hydrogen-bond donors (Lipinski definition) is 2. The molecule has 2 heterocycles. The Kier molecular flexibility index (Phi) is 7.91. The molecule has 1 unspecified atom stereocenters. The molecule has 2 amide bonds. The molecule has 9 heteroatoms. The lowest BCUT2D eigenvalue weighted by atomic mass is 9.91. The molecule has 156 valence electrons. The Balaban J connectivity index is 0.00000280. The van der Waals surface area contributed by atoms with Gasteiger partial charge in [0.15, 0.2) is 0 Å². The summed E-state index contributed by atoms with van der Waals surface area (Å²) in [6.45, 7) is 2.46. The van der Waals surface area contributed by atoms with E-state index in [-0.39, 0.29) is 37.4 Å². The molecule has 0 saturated carbocycles. The summed E-state index contributed by atoms with van der Waals surface area (Å²) >= 11 is 0. The van der Waals surface area contributed by atoms with Gasteiger partial charge in [-0.05, 0) is 12.1 Å². The summed E-state index contributed by atoms with van der Waals surface area (Å²) in [5, 5.41) is 9.54. The Hall–Kier alpha value is -2.03. The van der Waals surface area contributed by atoms with E-state index in [1.54, 1.807) is 9.80 Å². The first-order valence-electron chi connectivity index (χ1n) is 9.33. The molecule has 2 fully saturated rings. The van der Waals surface area contributed by atoms with Gasteiger partial charge in [-0.2, -0.15) is 0 Å². The van der Waals surface area contributed by atoms with E-state index >= 15 is 0 Å². The van der Waals surface area contributed by atoms with Gasteiger partial charge in [0, 0.05) is 32.5 Å². The average molecular weight is 414 g/mol. The summed E-state index contributed by atoms with van der Waals surface area (Å²) < 4.78 is 11.3. The highest BCUT2D eigenvalue weighted by atomic mass is 35.5. The number of nitrogens with zero attached hydrogens (tertiary/aromatic N) is 2. The molecule has 1 aromatic rings. The first-order chi connectivity index (χ1) is 13.0. The number of aliphatic hydroxyl groups is 1. The zero-order chi connectivity index (χ0) is 19.3. The summed E-state index contributed by atoms with van der Waals surface area (Å²) in [6, 6.07) is 9.46. The number of hydrogen-bond acceptors (Lipinski definition) is 6. The van der Waals surface area contributed by atoms with Crippen molar-refractivity contribution in [2.45, 2.75) is 31.0 Å². The number of para-hydroxylation sites is 1. The number of carbonyl (C=O) groups is 2. The maximum absolute atomic E-state index is 12.2. The molecule has 0 aromatic heterocycles. The van der Waals surface area contributed by atoms with E-state index in [1.165, 1.54) is 0 Å². The molecule has 3 rings (SSSR count). The maximum atomic E-state index is 12.2. The van der Waals surface area contributed by atoms with Crippen molar-refractivity contribution in [1.29, 1.82) is 0 Å². The first kappa shape index (κ1) is 22.3. The van der Waals surface area contributed by atoms with Crippen LogP contribution in [0.3, 0.4) is 0 Å². The Morgan fingerprint density at radius 3 is 2.61 bits per heavy atom. The van der Waals surface area contributed by atoms with Crippen molar-refractivity contribution in [2.75, 3.05) is 39.3 Å². The quantitative estimate of drug-likeness (QED) is 0.691. The Bertz CT molecular complexity index is 652. The normalized spacial score (nSPS) is 19.1. The Labute approximate surface area is 171 Å². The van der Waals surface area contributed by atoms with Crippen LogP contribution in [0.15, 0.2) is 30.3 Å². The molecular formula is C19H28ClN3O5. The zero-order valence-corrected chi connectivity index (χ0v) is 16.6. The summed E-state index contributed by atoms with van der Waals surface area (Å²) in [6.07, 6.45) is 0.0906. The fourth-order valence-corrected chi connectivity index (χ4v) is 3.49. The molecule has 1 aromatic carbocycles. The molecule has 0 aliphatic carbocycles. The van der Waals surface area contributed by atoms with E-state index in [4.69, 9.17) is 15.2 Å². The second-order valence-corrected chi connectivity index (χ2v) is 7.11. The second-order valence-electron chi connectivity index (χ2n) is 7.11. The van der Waals surface area contributed by atoms with Gasteiger partial charge in [-0.15, -0.1) is 12.4 Å². The van der Waals surface area contributed by atoms with Crippen LogP contribution in [0.2, 0.25) is 0 Å². The van der Waals surface area contributed by atoms with Gasteiger partial charge in [-0.3, -0.25) is 4.79 Å². The van der Waals surface area contributed by atoms with Gasteiger partial charge in [0.2, 0.25) is 5.91 Å². The smallest absolute Gasteiger partial charge is 0.410 e. The highest BCUT2D eigenvalue weighted by Crippen LogP contribution is 2.33. The summed E-state index contributed by atoms with van der Waals surface area (Å²) in [4.78, 5) is 27.7. The van der Waals surface area contributed by atoms with Gasteiger partial charge in [0.05, 0.1) is 25.6 Å². The van der Waals surface area contributed by atoms with Crippen LogP contribution in [-0.4, -0.2) is 77.9 Å². The van der Waals surface area contributed by atoms with Crippen LogP contribution in [0.5, 0.6) is 5.75 Å². The number of carbonyl (C=O) groups excluding carboxylic acids is 2. The predicted octanol–water partition coefficient (Wildman–Crippen LogP) is 1.01. The SMILES string of the molecule is Cl.NCC(O)CC(=O)N1CCC2(CC1)CN(CCOc1ccccc1)C(=O)O2. The number of nitrogens with two attached hydrogens (primary N) is 1. The minimum Gasteiger partial charge on any atom is -0.492 e. The number of halogens is 1. The zero-order valence-electron chi connectivity index (χ0n) is 15.8. The second kappa shape index (κ2) is 9.95. The van der Waals surface area contributed by atoms with E-state index < -0.39 is 11.7 Å². The van der Waals surface area contributed by atoms with Crippen molar-refractivity contribution in [3.63, 3.8) is 0 Å². The molecular weight excluding hydrogens is 386 g/mol. The van der Waals surface area contributed by atoms with E-state index in [9.17, 15) is 14.7 Å². The van der Waals surface area contributed by atoms with Gasteiger partial charge < -0.3 is 30.1 Å². The van der Waals surface area contributed by atoms with Gasteiger partial charge in [-0.1, -0.05) is 18.2 Å². The van der Waals surface area contributed by atoms with Gasteiger partial charge >= 0.3 is 6.09 Å². The van der Waals surface area contributed by atoms with Crippen molar-refractivity contribution < 1.29 is 24.2 Å².